The highest BCUT2D eigenvalue weighted by molar-refractivity contribution is 8.18. The first-order valence-electron chi connectivity index (χ1n) is 9.34. The van der Waals surface area contributed by atoms with Crippen molar-refractivity contribution in [3.8, 4) is 11.5 Å². The van der Waals surface area contributed by atoms with Crippen LogP contribution < -0.4 is 14.8 Å². The summed E-state index contributed by atoms with van der Waals surface area (Å²) in [6.45, 7) is 5.77. The smallest absolute Gasteiger partial charge is 0.341 e. The molecule has 8 heteroatoms. The molecule has 3 rings (SSSR count). The number of amidine groups is 1. The van der Waals surface area contributed by atoms with E-state index < -0.39 is 12.6 Å². The first-order chi connectivity index (χ1) is 14.4. The van der Waals surface area contributed by atoms with Crippen molar-refractivity contribution < 1.29 is 24.2 Å². The molecule has 1 amide bonds. The minimum absolute atomic E-state index is 0.229. The van der Waals surface area contributed by atoms with Gasteiger partial charge in [0.1, 0.15) is 0 Å². The lowest BCUT2D eigenvalue weighted by atomic mass is 10.1. The van der Waals surface area contributed by atoms with Gasteiger partial charge in [-0.15, -0.1) is 0 Å². The van der Waals surface area contributed by atoms with Crippen LogP contribution in [0, 0.1) is 13.8 Å². The van der Waals surface area contributed by atoms with Crippen molar-refractivity contribution >= 4 is 40.6 Å². The number of carboxylic acid groups (broad SMARTS) is 1. The van der Waals surface area contributed by atoms with Crippen molar-refractivity contribution in [3.63, 3.8) is 0 Å². The Balaban J connectivity index is 1.83. The van der Waals surface area contributed by atoms with Crippen LogP contribution >= 0.6 is 11.8 Å². The van der Waals surface area contributed by atoms with E-state index in [9.17, 15) is 9.59 Å². The van der Waals surface area contributed by atoms with E-state index in [-0.39, 0.29) is 5.91 Å². The van der Waals surface area contributed by atoms with Crippen molar-refractivity contribution in [2.24, 2.45) is 4.99 Å². The number of ether oxygens (including phenoxy) is 2. The van der Waals surface area contributed by atoms with Crippen LogP contribution in [0.15, 0.2) is 46.3 Å². The Morgan fingerprint density at radius 1 is 1.20 bits per heavy atom. The number of aliphatic carboxylic acids is 1. The van der Waals surface area contributed by atoms with Gasteiger partial charge in [0, 0.05) is 0 Å². The number of amides is 1. The molecule has 2 N–H and O–H groups in total. The molecule has 1 aliphatic heterocycles. The molecule has 0 atom stereocenters. The molecule has 0 unspecified atom stereocenters. The summed E-state index contributed by atoms with van der Waals surface area (Å²) in [7, 11) is 0. The van der Waals surface area contributed by atoms with Gasteiger partial charge in [-0.05, 0) is 73.5 Å². The van der Waals surface area contributed by atoms with Gasteiger partial charge in [-0.3, -0.25) is 4.79 Å². The zero-order valence-electron chi connectivity index (χ0n) is 16.9. The first kappa shape index (κ1) is 21.4. The normalized spacial score (nSPS) is 16.0. The van der Waals surface area contributed by atoms with E-state index in [0.717, 1.165) is 22.4 Å². The Morgan fingerprint density at radius 2 is 2.00 bits per heavy atom. The van der Waals surface area contributed by atoms with E-state index in [1.807, 2.05) is 39.0 Å². The molecule has 0 spiro atoms. The molecule has 2 aromatic rings. The molecule has 1 aliphatic rings. The van der Waals surface area contributed by atoms with E-state index in [1.165, 1.54) is 11.8 Å². The Bertz CT molecular complexity index is 1050. The lowest BCUT2D eigenvalue weighted by molar-refractivity contribution is -0.139. The Morgan fingerprint density at radius 3 is 2.73 bits per heavy atom. The average molecular weight is 426 g/mol. The molecule has 7 nitrogen and oxygen atoms in total. The number of benzene rings is 2. The van der Waals surface area contributed by atoms with Crippen LogP contribution in [0.3, 0.4) is 0 Å². The molecule has 0 saturated carbocycles. The molecule has 1 heterocycles. The highest BCUT2D eigenvalue weighted by Crippen LogP contribution is 2.33. The Kier molecular flexibility index (Phi) is 6.79. The number of nitrogens with zero attached hydrogens (tertiary/aromatic N) is 1. The fourth-order valence-electron chi connectivity index (χ4n) is 2.74. The predicted octanol–water partition coefficient (Wildman–Crippen LogP) is 4.06. The second-order valence-electron chi connectivity index (χ2n) is 6.52. The van der Waals surface area contributed by atoms with E-state index in [0.29, 0.717) is 28.2 Å². The van der Waals surface area contributed by atoms with Gasteiger partial charge in [0.2, 0.25) is 0 Å². The van der Waals surface area contributed by atoms with Crippen LogP contribution in [0.25, 0.3) is 6.08 Å². The zero-order chi connectivity index (χ0) is 21.7. The number of hydrogen-bond donors (Lipinski definition) is 2. The summed E-state index contributed by atoms with van der Waals surface area (Å²) in [6.07, 6.45) is 1.73. The fraction of sp³-hybridized carbons (Fsp3) is 0.227. The van der Waals surface area contributed by atoms with E-state index >= 15 is 0 Å². The standard InChI is InChI=1S/C22H22N2O5S/c1-4-28-18-10-15(8-9-17(18)29-12-20(25)26)11-19-21(27)24-22(30-19)23-16-7-5-6-13(2)14(16)3/h5-11H,4,12H2,1-3H3,(H,25,26)(H,23,24,27)/b19-11-. The van der Waals surface area contributed by atoms with Crippen LogP contribution in [0.4, 0.5) is 5.69 Å². The van der Waals surface area contributed by atoms with Crippen molar-refractivity contribution in [3.05, 3.63) is 58.0 Å². The van der Waals surface area contributed by atoms with Gasteiger partial charge in [-0.2, -0.15) is 0 Å². The maximum Gasteiger partial charge on any atom is 0.341 e. The van der Waals surface area contributed by atoms with Crippen molar-refractivity contribution in [1.29, 1.82) is 0 Å². The zero-order valence-corrected chi connectivity index (χ0v) is 17.7. The van der Waals surface area contributed by atoms with Crippen LogP contribution in [0.2, 0.25) is 0 Å². The maximum absolute atomic E-state index is 12.4. The highest BCUT2D eigenvalue weighted by atomic mass is 32.2. The molecule has 1 saturated heterocycles. The summed E-state index contributed by atoms with van der Waals surface area (Å²) in [5, 5.41) is 12.1. The number of carbonyl (C=O) groups excluding carboxylic acids is 1. The van der Waals surface area contributed by atoms with Gasteiger partial charge in [0.15, 0.2) is 23.3 Å². The van der Waals surface area contributed by atoms with E-state index in [2.05, 4.69) is 10.3 Å². The Labute approximate surface area is 178 Å². The number of aliphatic imine (C=N–C) groups is 1. The summed E-state index contributed by atoms with van der Waals surface area (Å²) < 4.78 is 10.8. The molecule has 30 heavy (non-hydrogen) atoms. The summed E-state index contributed by atoms with van der Waals surface area (Å²) in [6, 6.07) is 10.9. The van der Waals surface area contributed by atoms with Gasteiger partial charge >= 0.3 is 5.97 Å². The summed E-state index contributed by atoms with van der Waals surface area (Å²) in [5.41, 5.74) is 3.75. The largest absolute Gasteiger partial charge is 0.490 e. The van der Waals surface area contributed by atoms with Gasteiger partial charge in [0.05, 0.1) is 17.2 Å². The number of thioether (sulfide) groups is 1. The van der Waals surface area contributed by atoms with Gasteiger partial charge in [-0.1, -0.05) is 18.2 Å². The first-order valence-corrected chi connectivity index (χ1v) is 10.2. The number of aryl methyl sites for hydroxylation is 1. The molecular weight excluding hydrogens is 404 g/mol. The maximum atomic E-state index is 12.4. The number of rotatable bonds is 7. The molecule has 0 radical (unpaired) electrons. The quantitative estimate of drug-likeness (QED) is 0.648. The third kappa shape index (κ3) is 5.21. The number of hydrogen-bond acceptors (Lipinski definition) is 6. The van der Waals surface area contributed by atoms with Crippen LogP contribution in [-0.4, -0.2) is 35.4 Å². The van der Waals surface area contributed by atoms with Crippen LogP contribution in [0.1, 0.15) is 23.6 Å². The summed E-state index contributed by atoms with van der Waals surface area (Å²) in [5.74, 6) is -0.547. The minimum atomic E-state index is -1.07. The highest BCUT2D eigenvalue weighted by Gasteiger charge is 2.24. The lowest BCUT2D eigenvalue weighted by Crippen LogP contribution is -2.19. The second kappa shape index (κ2) is 9.49. The van der Waals surface area contributed by atoms with Gasteiger partial charge in [-0.25, -0.2) is 9.79 Å². The topological polar surface area (TPSA) is 97.2 Å². The molecule has 1 fully saturated rings. The number of carboxylic acids is 1. The van der Waals surface area contributed by atoms with Gasteiger partial charge in [0.25, 0.3) is 5.91 Å². The van der Waals surface area contributed by atoms with E-state index in [4.69, 9.17) is 14.6 Å². The van der Waals surface area contributed by atoms with E-state index in [1.54, 1.807) is 24.3 Å². The summed E-state index contributed by atoms with van der Waals surface area (Å²) in [4.78, 5) is 28.2. The second-order valence-corrected chi connectivity index (χ2v) is 7.55. The minimum Gasteiger partial charge on any atom is -0.490 e. The van der Waals surface area contributed by atoms with Gasteiger partial charge < -0.3 is 19.9 Å². The molecule has 0 bridgehead atoms. The number of carbonyl (C=O) groups is 2. The molecule has 0 aliphatic carbocycles. The average Bonchev–Trinajstić information content (AvgIpc) is 3.04. The molecule has 156 valence electrons. The number of nitrogens with one attached hydrogen (secondary N) is 1. The molecule has 2 aromatic carbocycles. The summed E-state index contributed by atoms with van der Waals surface area (Å²) >= 11 is 1.26. The fourth-order valence-corrected chi connectivity index (χ4v) is 3.57. The van der Waals surface area contributed by atoms with Crippen LogP contribution in [0.5, 0.6) is 11.5 Å². The third-order valence-electron chi connectivity index (χ3n) is 4.37. The molecular formula is C22H22N2O5S. The van der Waals surface area contributed by atoms with Crippen molar-refractivity contribution in [1.82, 2.24) is 5.32 Å². The molecule has 0 aromatic heterocycles. The Hall–Kier alpha value is -3.26. The SMILES string of the molecule is CCOc1cc(/C=C2\SC(=Nc3cccc(C)c3C)NC2=O)ccc1OCC(=O)O. The predicted molar refractivity (Wildman–Crippen MR) is 117 cm³/mol. The monoisotopic (exact) mass is 426 g/mol. The van der Waals surface area contributed by atoms with Crippen molar-refractivity contribution in [2.75, 3.05) is 13.2 Å². The third-order valence-corrected chi connectivity index (χ3v) is 5.28. The van der Waals surface area contributed by atoms with Crippen molar-refractivity contribution in [2.45, 2.75) is 20.8 Å². The lowest BCUT2D eigenvalue weighted by Gasteiger charge is -2.11. The van der Waals surface area contributed by atoms with Crippen LogP contribution in [-0.2, 0) is 9.59 Å².